The van der Waals surface area contributed by atoms with Crippen molar-refractivity contribution >= 4 is 23.2 Å². The van der Waals surface area contributed by atoms with Crippen molar-refractivity contribution in [3.63, 3.8) is 0 Å². The van der Waals surface area contributed by atoms with Crippen molar-refractivity contribution in [3.8, 4) is 0 Å². The largest absolute Gasteiger partial charge is 0.387 e. The van der Waals surface area contributed by atoms with E-state index in [-0.39, 0.29) is 6.04 Å². The summed E-state index contributed by atoms with van der Waals surface area (Å²) in [4.78, 5) is 2.28. The molecule has 2 rings (SSSR count). The molecule has 104 valence electrons. The van der Waals surface area contributed by atoms with Gasteiger partial charge in [0.25, 0.3) is 0 Å². The third-order valence-corrected chi connectivity index (χ3v) is 4.42. The third-order valence-electron chi connectivity index (χ3n) is 3.68. The van der Waals surface area contributed by atoms with Gasteiger partial charge in [-0.3, -0.25) is 4.90 Å². The third kappa shape index (κ3) is 3.51. The van der Waals surface area contributed by atoms with Crippen molar-refractivity contribution in [1.82, 2.24) is 4.90 Å². The van der Waals surface area contributed by atoms with Gasteiger partial charge in [-0.05, 0) is 37.1 Å². The van der Waals surface area contributed by atoms with Crippen LogP contribution in [0.2, 0.25) is 10.0 Å². The molecule has 2 nitrogen and oxygen atoms in total. The van der Waals surface area contributed by atoms with E-state index >= 15 is 0 Å². The van der Waals surface area contributed by atoms with Crippen molar-refractivity contribution in [3.05, 3.63) is 46.5 Å². The first kappa shape index (κ1) is 14.9. The van der Waals surface area contributed by atoms with Gasteiger partial charge >= 0.3 is 0 Å². The molecule has 1 saturated heterocycles. The van der Waals surface area contributed by atoms with Gasteiger partial charge in [-0.2, -0.15) is 0 Å². The van der Waals surface area contributed by atoms with Crippen LogP contribution in [0, 0.1) is 0 Å². The predicted molar refractivity (Wildman–Crippen MR) is 80.8 cm³/mol. The zero-order valence-corrected chi connectivity index (χ0v) is 12.4. The quantitative estimate of drug-likeness (QED) is 0.847. The predicted octanol–water partition coefficient (Wildman–Crippen LogP) is 4.07. The molecule has 4 heteroatoms. The summed E-state index contributed by atoms with van der Waals surface area (Å²) in [6.45, 7) is 5.60. The van der Waals surface area contributed by atoms with Crippen molar-refractivity contribution in [2.24, 2.45) is 0 Å². The van der Waals surface area contributed by atoms with E-state index in [1.807, 2.05) is 12.1 Å². The molecule has 2 atom stereocenters. The van der Waals surface area contributed by atoms with Crippen LogP contribution in [0.15, 0.2) is 30.9 Å². The first-order valence-corrected chi connectivity index (χ1v) is 7.37. The zero-order chi connectivity index (χ0) is 13.8. The SMILES string of the molecule is C=CCN1CCCC[C@H]1[C@@H](O)c1ccc(Cl)c(Cl)c1. The molecule has 0 amide bonds. The maximum absolute atomic E-state index is 10.6. The van der Waals surface area contributed by atoms with Crippen molar-refractivity contribution in [1.29, 1.82) is 0 Å². The zero-order valence-electron chi connectivity index (χ0n) is 10.9. The topological polar surface area (TPSA) is 23.5 Å². The Labute approximate surface area is 124 Å². The minimum atomic E-state index is -0.532. The fraction of sp³-hybridized carbons (Fsp3) is 0.467. The summed E-state index contributed by atoms with van der Waals surface area (Å²) in [5, 5.41) is 11.6. The molecule has 0 unspecified atom stereocenters. The Kier molecular flexibility index (Phi) is 5.28. The smallest absolute Gasteiger partial charge is 0.0945 e. The van der Waals surface area contributed by atoms with E-state index < -0.39 is 6.10 Å². The molecule has 1 aliphatic heterocycles. The highest BCUT2D eigenvalue weighted by atomic mass is 35.5. The van der Waals surface area contributed by atoms with Crippen LogP contribution in [0.4, 0.5) is 0 Å². The Balaban J connectivity index is 2.17. The average Bonchev–Trinajstić information content (AvgIpc) is 2.42. The molecular weight excluding hydrogens is 281 g/mol. The molecule has 1 N–H and O–H groups in total. The fourth-order valence-corrected chi connectivity index (χ4v) is 2.99. The lowest BCUT2D eigenvalue weighted by Crippen LogP contribution is -2.43. The standard InChI is InChI=1S/C15H19Cl2NO/c1-2-8-18-9-4-3-5-14(18)15(19)11-6-7-12(16)13(17)10-11/h2,6-7,10,14-15,19H,1,3-5,8-9H2/t14-,15-/m0/s1. The van der Waals surface area contributed by atoms with E-state index in [1.165, 1.54) is 6.42 Å². The van der Waals surface area contributed by atoms with Crippen LogP contribution in [0.25, 0.3) is 0 Å². The van der Waals surface area contributed by atoms with E-state index in [2.05, 4.69) is 11.5 Å². The number of aliphatic hydroxyl groups is 1. The molecule has 0 radical (unpaired) electrons. The van der Waals surface area contributed by atoms with Gasteiger partial charge in [0.1, 0.15) is 0 Å². The fourth-order valence-electron chi connectivity index (χ4n) is 2.69. The number of aliphatic hydroxyl groups excluding tert-OH is 1. The van der Waals surface area contributed by atoms with Crippen LogP contribution in [0.1, 0.15) is 30.9 Å². The van der Waals surface area contributed by atoms with Gasteiger partial charge in [0, 0.05) is 12.6 Å². The van der Waals surface area contributed by atoms with Crippen molar-refractivity contribution < 1.29 is 5.11 Å². The summed E-state index contributed by atoms with van der Waals surface area (Å²) in [6.07, 6.45) is 4.68. The number of rotatable bonds is 4. The molecule has 0 aromatic heterocycles. The normalized spacial score (nSPS) is 22.2. The molecule has 1 aromatic rings. The maximum Gasteiger partial charge on any atom is 0.0945 e. The Hall–Kier alpha value is -0.540. The van der Waals surface area contributed by atoms with Crippen LogP contribution < -0.4 is 0 Å². The molecule has 1 aliphatic rings. The average molecular weight is 300 g/mol. The number of piperidine rings is 1. The van der Waals surface area contributed by atoms with E-state index in [9.17, 15) is 5.11 Å². The first-order valence-electron chi connectivity index (χ1n) is 6.61. The van der Waals surface area contributed by atoms with Gasteiger partial charge in [-0.25, -0.2) is 0 Å². The summed E-state index contributed by atoms with van der Waals surface area (Å²) >= 11 is 11.9. The highest BCUT2D eigenvalue weighted by Gasteiger charge is 2.29. The summed E-state index contributed by atoms with van der Waals surface area (Å²) in [7, 11) is 0. The van der Waals surface area contributed by atoms with Gasteiger partial charge in [-0.1, -0.05) is 41.8 Å². The van der Waals surface area contributed by atoms with E-state index in [0.717, 1.165) is 31.5 Å². The molecule has 1 fully saturated rings. The van der Waals surface area contributed by atoms with Gasteiger partial charge in [0.05, 0.1) is 16.1 Å². The molecule has 1 aromatic carbocycles. The van der Waals surface area contributed by atoms with Crippen LogP contribution in [0.3, 0.4) is 0 Å². The molecule has 0 saturated carbocycles. The number of nitrogens with zero attached hydrogens (tertiary/aromatic N) is 1. The minimum absolute atomic E-state index is 0.129. The Bertz CT molecular complexity index is 450. The molecule has 19 heavy (non-hydrogen) atoms. The van der Waals surface area contributed by atoms with Gasteiger partial charge < -0.3 is 5.11 Å². The number of hydrogen-bond donors (Lipinski definition) is 1. The van der Waals surface area contributed by atoms with Crippen LogP contribution in [0.5, 0.6) is 0 Å². The molecule has 0 aliphatic carbocycles. The monoisotopic (exact) mass is 299 g/mol. The van der Waals surface area contributed by atoms with Crippen molar-refractivity contribution in [2.75, 3.05) is 13.1 Å². The summed E-state index contributed by atoms with van der Waals surface area (Å²) in [5.74, 6) is 0. The Morgan fingerprint density at radius 1 is 1.37 bits per heavy atom. The number of halogens is 2. The van der Waals surface area contributed by atoms with Crippen LogP contribution in [-0.2, 0) is 0 Å². The van der Waals surface area contributed by atoms with E-state index in [4.69, 9.17) is 23.2 Å². The van der Waals surface area contributed by atoms with Gasteiger partial charge in [0.15, 0.2) is 0 Å². The van der Waals surface area contributed by atoms with E-state index in [1.54, 1.807) is 12.1 Å². The summed E-state index contributed by atoms with van der Waals surface area (Å²) < 4.78 is 0. The van der Waals surface area contributed by atoms with E-state index in [0.29, 0.717) is 10.0 Å². The molecule has 0 bridgehead atoms. The van der Waals surface area contributed by atoms with Gasteiger partial charge in [-0.15, -0.1) is 6.58 Å². The molecule has 0 spiro atoms. The molecular formula is C15H19Cl2NO. The number of hydrogen-bond acceptors (Lipinski definition) is 2. The lowest BCUT2D eigenvalue weighted by molar-refractivity contribution is 0.0317. The molecule has 1 heterocycles. The summed E-state index contributed by atoms with van der Waals surface area (Å²) in [5.41, 5.74) is 0.829. The highest BCUT2D eigenvalue weighted by Crippen LogP contribution is 2.31. The van der Waals surface area contributed by atoms with Crippen molar-refractivity contribution in [2.45, 2.75) is 31.4 Å². The minimum Gasteiger partial charge on any atom is -0.387 e. The highest BCUT2D eigenvalue weighted by molar-refractivity contribution is 6.42. The second kappa shape index (κ2) is 6.76. The lowest BCUT2D eigenvalue weighted by Gasteiger charge is -2.38. The Morgan fingerprint density at radius 3 is 2.84 bits per heavy atom. The Morgan fingerprint density at radius 2 is 2.16 bits per heavy atom. The number of benzene rings is 1. The van der Waals surface area contributed by atoms with Crippen LogP contribution >= 0.6 is 23.2 Å². The maximum atomic E-state index is 10.6. The number of likely N-dealkylation sites (tertiary alicyclic amines) is 1. The summed E-state index contributed by atoms with van der Waals surface area (Å²) in [6, 6.07) is 5.47. The van der Waals surface area contributed by atoms with Crippen LogP contribution in [-0.4, -0.2) is 29.1 Å². The second-order valence-electron chi connectivity index (χ2n) is 4.97. The lowest BCUT2D eigenvalue weighted by atomic mass is 9.93. The second-order valence-corrected chi connectivity index (χ2v) is 5.78. The first-order chi connectivity index (χ1) is 9.13. The van der Waals surface area contributed by atoms with Gasteiger partial charge in [0.2, 0.25) is 0 Å².